The molecular formula is C17H27ClIN5O3S. The molecule has 0 heterocycles. The molecule has 0 aromatic heterocycles. The first kappa shape index (κ1) is 24.9. The molecule has 0 atom stereocenters. The van der Waals surface area contributed by atoms with E-state index in [4.69, 9.17) is 11.6 Å². The third-order valence-corrected chi connectivity index (χ3v) is 5.48. The number of carbonyl (C=O) groups is 1. The van der Waals surface area contributed by atoms with Crippen LogP contribution in [0.4, 0.5) is 0 Å². The van der Waals surface area contributed by atoms with Crippen LogP contribution in [0.1, 0.15) is 19.8 Å². The number of guanidine groups is 1. The molecule has 11 heteroatoms. The topological polar surface area (TPSA) is 112 Å². The van der Waals surface area contributed by atoms with Gasteiger partial charge in [0.2, 0.25) is 15.9 Å². The van der Waals surface area contributed by atoms with Gasteiger partial charge in [-0.1, -0.05) is 17.7 Å². The van der Waals surface area contributed by atoms with Gasteiger partial charge in [-0.3, -0.25) is 9.79 Å². The number of hydrogen-bond acceptors (Lipinski definition) is 4. The molecule has 0 saturated heterocycles. The van der Waals surface area contributed by atoms with Gasteiger partial charge in [0.1, 0.15) is 0 Å². The molecule has 158 valence electrons. The zero-order valence-electron chi connectivity index (χ0n) is 15.7. The Morgan fingerprint density at radius 3 is 2.54 bits per heavy atom. The van der Waals surface area contributed by atoms with Crippen LogP contribution in [-0.4, -0.2) is 53.0 Å². The van der Waals surface area contributed by atoms with E-state index < -0.39 is 10.0 Å². The molecule has 8 nitrogen and oxygen atoms in total. The first-order chi connectivity index (χ1) is 12.9. The number of halogens is 2. The summed E-state index contributed by atoms with van der Waals surface area (Å²) in [5.74, 6) is 0.869. The van der Waals surface area contributed by atoms with E-state index in [2.05, 4.69) is 25.7 Å². The number of hydrogen-bond donors (Lipinski definition) is 4. The highest BCUT2D eigenvalue weighted by atomic mass is 127. The molecule has 28 heavy (non-hydrogen) atoms. The number of benzene rings is 1. The van der Waals surface area contributed by atoms with E-state index in [0.717, 1.165) is 12.8 Å². The lowest BCUT2D eigenvalue weighted by Crippen LogP contribution is -2.42. The molecule has 4 N–H and O–H groups in total. The van der Waals surface area contributed by atoms with Gasteiger partial charge in [-0.2, -0.15) is 0 Å². The van der Waals surface area contributed by atoms with Crippen LogP contribution in [0.2, 0.25) is 5.02 Å². The molecule has 0 spiro atoms. The second-order valence-corrected chi connectivity index (χ2v) is 8.31. The van der Waals surface area contributed by atoms with E-state index in [1.165, 1.54) is 12.1 Å². The van der Waals surface area contributed by atoms with E-state index in [0.29, 0.717) is 30.6 Å². The van der Waals surface area contributed by atoms with E-state index in [9.17, 15) is 13.2 Å². The molecular weight excluding hydrogens is 517 g/mol. The van der Waals surface area contributed by atoms with Crippen molar-refractivity contribution in [3.63, 3.8) is 0 Å². The van der Waals surface area contributed by atoms with Crippen LogP contribution < -0.4 is 20.7 Å². The summed E-state index contributed by atoms with van der Waals surface area (Å²) in [5.41, 5.74) is 0. The van der Waals surface area contributed by atoms with Crippen molar-refractivity contribution in [1.82, 2.24) is 20.7 Å². The minimum Gasteiger partial charge on any atom is -0.357 e. The van der Waals surface area contributed by atoms with Crippen molar-refractivity contribution in [2.24, 2.45) is 10.9 Å². The molecule has 1 aromatic rings. The summed E-state index contributed by atoms with van der Waals surface area (Å²) in [6, 6.07) is 6.09. The predicted octanol–water partition coefficient (Wildman–Crippen LogP) is 1.32. The summed E-state index contributed by atoms with van der Waals surface area (Å²) >= 11 is 5.83. The number of carbonyl (C=O) groups excluding carboxylic acids is 1. The Balaban J connectivity index is 0.00000392. The maximum atomic E-state index is 12.2. The van der Waals surface area contributed by atoms with Crippen LogP contribution in [0, 0.1) is 5.92 Å². The second kappa shape index (κ2) is 12.5. The van der Waals surface area contributed by atoms with Gasteiger partial charge in [-0.15, -0.1) is 24.0 Å². The molecule has 0 radical (unpaired) electrons. The smallest absolute Gasteiger partial charge is 0.240 e. The van der Waals surface area contributed by atoms with Crippen molar-refractivity contribution in [3.05, 3.63) is 29.3 Å². The van der Waals surface area contributed by atoms with Gasteiger partial charge in [0.25, 0.3) is 0 Å². The van der Waals surface area contributed by atoms with Gasteiger partial charge >= 0.3 is 0 Å². The van der Waals surface area contributed by atoms with Gasteiger partial charge in [-0.25, -0.2) is 13.1 Å². The normalized spacial score (nSPS) is 14.1. The summed E-state index contributed by atoms with van der Waals surface area (Å²) in [7, 11) is -3.62. The lowest BCUT2D eigenvalue weighted by Gasteiger charge is -2.12. The summed E-state index contributed by atoms with van der Waals surface area (Å²) in [4.78, 5) is 16.0. The number of sulfonamides is 1. The Labute approximate surface area is 188 Å². The van der Waals surface area contributed by atoms with Crippen LogP contribution >= 0.6 is 35.6 Å². The molecule has 0 unspecified atom stereocenters. The monoisotopic (exact) mass is 543 g/mol. The Hall–Kier alpha value is -1.11. The maximum Gasteiger partial charge on any atom is 0.240 e. The number of rotatable bonds is 10. The van der Waals surface area contributed by atoms with Crippen molar-refractivity contribution in [1.29, 1.82) is 0 Å². The minimum absolute atomic E-state index is 0. The molecule has 2 rings (SSSR count). The van der Waals surface area contributed by atoms with Gasteiger partial charge in [0, 0.05) is 37.1 Å². The third kappa shape index (κ3) is 8.93. The average molecular weight is 544 g/mol. The van der Waals surface area contributed by atoms with Gasteiger partial charge in [0.05, 0.1) is 11.4 Å². The molecule has 1 aromatic carbocycles. The number of nitrogens with one attached hydrogen (secondary N) is 4. The summed E-state index contributed by atoms with van der Waals surface area (Å²) < 4.78 is 26.9. The van der Waals surface area contributed by atoms with Crippen molar-refractivity contribution < 1.29 is 13.2 Å². The molecule has 1 fully saturated rings. The molecule has 0 aliphatic heterocycles. The van der Waals surface area contributed by atoms with E-state index >= 15 is 0 Å². The van der Waals surface area contributed by atoms with Crippen molar-refractivity contribution in [2.45, 2.75) is 24.7 Å². The van der Waals surface area contributed by atoms with Crippen LogP contribution in [0.25, 0.3) is 0 Å². The zero-order valence-corrected chi connectivity index (χ0v) is 19.6. The highest BCUT2D eigenvalue weighted by molar-refractivity contribution is 14.0. The van der Waals surface area contributed by atoms with E-state index in [-0.39, 0.29) is 53.8 Å². The summed E-state index contributed by atoms with van der Waals surface area (Å²) in [6.07, 6.45) is 1.96. The lowest BCUT2D eigenvalue weighted by atomic mass is 10.4. The van der Waals surface area contributed by atoms with E-state index in [1.807, 2.05) is 6.92 Å². The summed E-state index contributed by atoms with van der Waals surface area (Å²) in [5, 5.41) is 9.41. The second-order valence-electron chi connectivity index (χ2n) is 6.11. The third-order valence-electron chi connectivity index (χ3n) is 3.79. The van der Waals surface area contributed by atoms with Crippen LogP contribution in [-0.2, 0) is 14.8 Å². The first-order valence-electron chi connectivity index (χ1n) is 8.97. The first-order valence-corrected chi connectivity index (χ1v) is 10.8. The Kier molecular flexibility index (Phi) is 11.1. The van der Waals surface area contributed by atoms with Crippen molar-refractivity contribution in [2.75, 3.05) is 32.7 Å². The maximum absolute atomic E-state index is 12.2. The van der Waals surface area contributed by atoms with Gasteiger partial charge in [-0.05, 0) is 38.0 Å². The SMILES string of the molecule is CCNC(=NCCNS(=O)(=O)c1cccc(Cl)c1)NCCNC(=O)C1CC1.I. The molecule has 1 aliphatic rings. The Bertz CT molecular complexity index is 772. The Morgan fingerprint density at radius 2 is 1.89 bits per heavy atom. The van der Waals surface area contributed by atoms with E-state index in [1.54, 1.807) is 12.1 Å². The fraction of sp³-hybridized carbons (Fsp3) is 0.529. The standard InChI is InChI=1S/C17H26ClN5O3S.HI/c1-2-19-17(21-9-8-20-16(24)13-6-7-13)22-10-11-23-27(25,26)15-5-3-4-14(18)12-15;/h3-5,12-13,23H,2,6-11H2,1H3,(H,20,24)(H2,19,21,22);1H. The predicted molar refractivity (Wildman–Crippen MR) is 122 cm³/mol. The quantitative estimate of drug-likeness (QED) is 0.154. The van der Waals surface area contributed by atoms with Crippen LogP contribution in [0.5, 0.6) is 0 Å². The lowest BCUT2D eigenvalue weighted by molar-refractivity contribution is -0.122. The molecule has 0 bridgehead atoms. The fourth-order valence-corrected chi connectivity index (χ4v) is 3.58. The van der Waals surface area contributed by atoms with Crippen molar-refractivity contribution in [3.8, 4) is 0 Å². The highest BCUT2D eigenvalue weighted by Gasteiger charge is 2.28. The fourth-order valence-electron chi connectivity index (χ4n) is 2.26. The number of nitrogens with zero attached hydrogens (tertiary/aromatic N) is 1. The van der Waals surface area contributed by atoms with Crippen LogP contribution in [0.15, 0.2) is 34.2 Å². The van der Waals surface area contributed by atoms with Gasteiger partial charge in [0.15, 0.2) is 5.96 Å². The van der Waals surface area contributed by atoms with Crippen molar-refractivity contribution >= 4 is 57.5 Å². The summed E-state index contributed by atoms with van der Waals surface area (Å²) in [6.45, 7) is 4.09. The molecule has 1 aliphatic carbocycles. The minimum atomic E-state index is -3.62. The molecule has 1 saturated carbocycles. The molecule has 1 amide bonds. The average Bonchev–Trinajstić information content (AvgIpc) is 3.47. The highest BCUT2D eigenvalue weighted by Crippen LogP contribution is 2.28. The number of amides is 1. The zero-order chi connectivity index (χ0) is 19.7. The number of aliphatic imine (C=N–C) groups is 1. The largest absolute Gasteiger partial charge is 0.357 e. The van der Waals surface area contributed by atoms with Crippen LogP contribution in [0.3, 0.4) is 0 Å². The van der Waals surface area contributed by atoms with Gasteiger partial charge < -0.3 is 16.0 Å². The Morgan fingerprint density at radius 1 is 1.18 bits per heavy atom.